The van der Waals surface area contributed by atoms with Gasteiger partial charge < -0.3 is 4.74 Å². The summed E-state index contributed by atoms with van der Waals surface area (Å²) in [5.41, 5.74) is -5.34. The van der Waals surface area contributed by atoms with Gasteiger partial charge in [0.05, 0.1) is 13.2 Å². The van der Waals surface area contributed by atoms with E-state index in [1.807, 2.05) is 0 Å². The standard InChI is InChI=1S/C7H11F3O4S/c8-7(9,10)15(11,12)14-5-6-2-1-3-13-4-6/h6H,1-5H2/t6-/m1/s1. The number of ether oxygens (including phenoxy) is 1. The molecule has 8 heteroatoms. The minimum absolute atomic E-state index is 0.243. The summed E-state index contributed by atoms with van der Waals surface area (Å²) in [6.07, 6.45) is 1.33. The Balaban J connectivity index is 2.42. The Hall–Kier alpha value is -0.340. The topological polar surface area (TPSA) is 52.6 Å². The zero-order valence-electron chi connectivity index (χ0n) is 7.79. The summed E-state index contributed by atoms with van der Waals surface area (Å²) in [6.45, 7) is 0.331. The summed E-state index contributed by atoms with van der Waals surface area (Å²) in [7, 11) is -5.45. The molecule has 0 radical (unpaired) electrons. The van der Waals surface area contributed by atoms with Crippen molar-refractivity contribution in [3.05, 3.63) is 0 Å². The molecule has 1 saturated heterocycles. The van der Waals surface area contributed by atoms with Crippen molar-refractivity contribution in [2.24, 2.45) is 5.92 Å². The molecule has 0 aromatic heterocycles. The lowest BCUT2D eigenvalue weighted by Gasteiger charge is -2.21. The SMILES string of the molecule is O=S(=O)(OC[C@@H]1CCCOC1)C(F)(F)F. The first-order chi connectivity index (χ1) is 6.83. The van der Waals surface area contributed by atoms with Crippen LogP contribution < -0.4 is 0 Å². The maximum absolute atomic E-state index is 11.8. The van der Waals surface area contributed by atoms with Crippen LogP contribution in [0, 0.1) is 5.92 Å². The van der Waals surface area contributed by atoms with E-state index >= 15 is 0 Å². The molecule has 1 heterocycles. The van der Waals surface area contributed by atoms with Gasteiger partial charge in [0.2, 0.25) is 0 Å². The van der Waals surface area contributed by atoms with Gasteiger partial charge in [-0.2, -0.15) is 21.6 Å². The zero-order valence-corrected chi connectivity index (χ0v) is 8.60. The summed E-state index contributed by atoms with van der Waals surface area (Å²) >= 11 is 0. The smallest absolute Gasteiger partial charge is 0.381 e. The van der Waals surface area contributed by atoms with Crippen LogP contribution in [0.4, 0.5) is 13.2 Å². The molecule has 1 fully saturated rings. The average Bonchev–Trinajstić information content (AvgIpc) is 2.15. The third kappa shape index (κ3) is 3.62. The molecule has 0 saturated carbocycles. The molecule has 1 aliphatic heterocycles. The molecule has 0 aromatic rings. The molecule has 0 bridgehead atoms. The molecule has 0 amide bonds. The molecule has 15 heavy (non-hydrogen) atoms. The maximum atomic E-state index is 11.8. The fourth-order valence-corrected chi connectivity index (χ4v) is 1.70. The summed E-state index contributed by atoms with van der Waals surface area (Å²) < 4.78 is 65.4. The van der Waals surface area contributed by atoms with Gasteiger partial charge in [0.1, 0.15) is 0 Å². The van der Waals surface area contributed by atoms with E-state index < -0.39 is 22.2 Å². The van der Waals surface area contributed by atoms with Crippen molar-refractivity contribution in [1.29, 1.82) is 0 Å². The van der Waals surface area contributed by atoms with Crippen molar-refractivity contribution in [2.45, 2.75) is 18.3 Å². The molecule has 90 valence electrons. The van der Waals surface area contributed by atoms with Crippen molar-refractivity contribution in [2.75, 3.05) is 19.8 Å². The Labute approximate surface area is 85.5 Å². The molecule has 0 aliphatic carbocycles. The first-order valence-corrected chi connectivity index (χ1v) is 5.77. The lowest BCUT2D eigenvalue weighted by molar-refractivity contribution is -0.0568. The van der Waals surface area contributed by atoms with Crippen LogP contribution >= 0.6 is 0 Å². The number of hydrogen-bond donors (Lipinski definition) is 0. The largest absolute Gasteiger partial charge is 0.523 e. The van der Waals surface area contributed by atoms with E-state index in [4.69, 9.17) is 4.74 Å². The van der Waals surface area contributed by atoms with Gasteiger partial charge in [-0.15, -0.1) is 0 Å². The second-order valence-electron chi connectivity index (χ2n) is 3.27. The predicted molar refractivity (Wildman–Crippen MR) is 44.5 cm³/mol. The number of halogens is 3. The fraction of sp³-hybridized carbons (Fsp3) is 1.00. The highest BCUT2D eigenvalue weighted by molar-refractivity contribution is 7.87. The normalized spacial score (nSPS) is 24.1. The van der Waals surface area contributed by atoms with E-state index in [1.165, 1.54) is 0 Å². The Morgan fingerprint density at radius 1 is 1.40 bits per heavy atom. The van der Waals surface area contributed by atoms with Crippen LogP contribution in [-0.2, 0) is 19.0 Å². The first kappa shape index (κ1) is 12.7. The second kappa shape index (κ2) is 4.67. The van der Waals surface area contributed by atoms with Crippen molar-refractivity contribution < 1.29 is 30.5 Å². The predicted octanol–water partition coefficient (Wildman–Crippen LogP) is 1.28. The summed E-state index contributed by atoms with van der Waals surface area (Å²) in [6, 6.07) is 0. The van der Waals surface area contributed by atoms with Crippen molar-refractivity contribution in [1.82, 2.24) is 0 Å². The summed E-state index contributed by atoms with van der Waals surface area (Å²) in [5.74, 6) is -0.282. The molecule has 1 rings (SSSR count). The third-order valence-electron chi connectivity index (χ3n) is 2.00. The van der Waals surface area contributed by atoms with E-state index in [2.05, 4.69) is 4.18 Å². The van der Waals surface area contributed by atoms with E-state index in [-0.39, 0.29) is 12.5 Å². The Bertz CT molecular complexity index is 292. The lowest BCUT2D eigenvalue weighted by Crippen LogP contribution is -2.30. The van der Waals surface area contributed by atoms with Gasteiger partial charge >= 0.3 is 15.6 Å². The molecular formula is C7H11F3O4S. The Morgan fingerprint density at radius 3 is 2.53 bits per heavy atom. The molecule has 0 unspecified atom stereocenters. The van der Waals surface area contributed by atoms with Gasteiger partial charge in [-0.3, -0.25) is 4.18 Å². The first-order valence-electron chi connectivity index (χ1n) is 4.36. The minimum Gasteiger partial charge on any atom is -0.381 e. The van der Waals surface area contributed by atoms with Crippen LogP contribution in [0.5, 0.6) is 0 Å². The van der Waals surface area contributed by atoms with E-state index in [9.17, 15) is 21.6 Å². The molecule has 0 spiro atoms. The van der Waals surface area contributed by atoms with Gasteiger partial charge in [-0.05, 0) is 12.8 Å². The van der Waals surface area contributed by atoms with Crippen LogP contribution in [0.25, 0.3) is 0 Å². The van der Waals surface area contributed by atoms with Gasteiger partial charge in [0, 0.05) is 12.5 Å². The molecular weight excluding hydrogens is 237 g/mol. The molecule has 4 nitrogen and oxygen atoms in total. The van der Waals surface area contributed by atoms with Crippen molar-refractivity contribution in [3.8, 4) is 0 Å². The van der Waals surface area contributed by atoms with Crippen LogP contribution in [0.15, 0.2) is 0 Å². The Morgan fingerprint density at radius 2 is 2.07 bits per heavy atom. The fourth-order valence-electron chi connectivity index (χ4n) is 1.19. The third-order valence-corrected chi connectivity index (χ3v) is 3.01. The van der Waals surface area contributed by atoms with Gasteiger partial charge in [0.25, 0.3) is 0 Å². The number of rotatable bonds is 3. The molecule has 0 aromatic carbocycles. The molecule has 1 atom stereocenters. The van der Waals surface area contributed by atoms with Gasteiger partial charge in [-0.1, -0.05) is 0 Å². The summed E-state index contributed by atoms with van der Waals surface area (Å²) in [4.78, 5) is 0. The van der Waals surface area contributed by atoms with Crippen LogP contribution in [0.2, 0.25) is 0 Å². The Kier molecular flexibility index (Phi) is 3.96. The van der Waals surface area contributed by atoms with Gasteiger partial charge in [-0.25, -0.2) is 0 Å². The molecule has 1 aliphatic rings. The van der Waals surface area contributed by atoms with Crippen molar-refractivity contribution in [3.63, 3.8) is 0 Å². The van der Waals surface area contributed by atoms with E-state index in [1.54, 1.807) is 0 Å². The second-order valence-corrected chi connectivity index (χ2v) is 4.87. The highest BCUT2D eigenvalue weighted by atomic mass is 32.2. The summed E-state index contributed by atoms with van der Waals surface area (Å²) in [5, 5.41) is 0. The maximum Gasteiger partial charge on any atom is 0.523 e. The van der Waals surface area contributed by atoms with Gasteiger partial charge in [0.15, 0.2) is 0 Å². The van der Waals surface area contributed by atoms with Crippen LogP contribution in [0.3, 0.4) is 0 Å². The van der Waals surface area contributed by atoms with Crippen LogP contribution in [-0.4, -0.2) is 33.7 Å². The zero-order chi connectivity index (χ0) is 11.5. The van der Waals surface area contributed by atoms with Crippen molar-refractivity contribution >= 4 is 10.1 Å². The molecule has 0 N–H and O–H groups in total. The highest BCUT2D eigenvalue weighted by Gasteiger charge is 2.47. The average molecular weight is 248 g/mol. The van der Waals surface area contributed by atoms with Crippen LogP contribution in [0.1, 0.15) is 12.8 Å². The number of hydrogen-bond acceptors (Lipinski definition) is 4. The quantitative estimate of drug-likeness (QED) is 0.557. The monoisotopic (exact) mass is 248 g/mol. The number of alkyl halides is 3. The highest BCUT2D eigenvalue weighted by Crippen LogP contribution is 2.25. The minimum atomic E-state index is -5.45. The lowest BCUT2D eigenvalue weighted by atomic mass is 10.0. The van der Waals surface area contributed by atoms with E-state index in [0.29, 0.717) is 19.4 Å². The van der Waals surface area contributed by atoms with E-state index in [0.717, 1.165) is 0 Å².